The van der Waals surface area contributed by atoms with Crippen LogP contribution in [0.15, 0.2) is 29.6 Å². The number of pyridine rings is 1. The minimum atomic E-state index is -1.28. The lowest BCUT2D eigenvalue weighted by Crippen LogP contribution is -2.70. The first-order chi connectivity index (χ1) is 11.1. The first kappa shape index (κ1) is 14.4. The Balaban J connectivity index is 1.71. The quantitative estimate of drug-likeness (QED) is 0.560. The van der Waals surface area contributed by atoms with Crippen molar-refractivity contribution in [2.45, 2.75) is 50.7 Å². The Morgan fingerprint density at radius 2 is 2.22 bits per heavy atom. The van der Waals surface area contributed by atoms with Gasteiger partial charge in [0.25, 0.3) is 0 Å². The second kappa shape index (κ2) is 5.16. The summed E-state index contributed by atoms with van der Waals surface area (Å²) in [6.07, 6.45) is 6.56. The zero-order chi connectivity index (χ0) is 16.1. The van der Waals surface area contributed by atoms with Gasteiger partial charge in [-0.15, -0.1) is 0 Å². The number of fused-ring (bicyclic) bond motifs is 2. The molecule has 23 heavy (non-hydrogen) atoms. The van der Waals surface area contributed by atoms with Crippen LogP contribution in [-0.2, 0) is 29.0 Å². The minimum Gasteiger partial charge on any atom is -0.543 e. The van der Waals surface area contributed by atoms with Gasteiger partial charge in [0.1, 0.15) is 6.04 Å². The van der Waals surface area contributed by atoms with Crippen LogP contribution in [0.4, 0.5) is 0 Å². The molecule has 6 nitrogen and oxygen atoms in total. The van der Waals surface area contributed by atoms with Crippen LogP contribution in [0.1, 0.15) is 30.5 Å². The van der Waals surface area contributed by atoms with E-state index in [1.165, 1.54) is 16.2 Å². The lowest BCUT2D eigenvalue weighted by atomic mass is 9.84. The fourth-order valence-electron chi connectivity index (χ4n) is 4.12. The zero-order valence-corrected chi connectivity index (χ0v) is 12.8. The Morgan fingerprint density at radius 3 is 3.00 bits per heavy atom. The van der Waals surface area contributed by atoms with Gasteiger partial charge in [-0.25, -0.2) is 0 Å². The Labute approximate surface area is 134 Å². The summed E-state index contributed by atoms with van der Waals surface area (Å²) in [5, 5.41) is 11.6. The van der Waals surface area contributed by atoms with Gasteiger partial charge in [-0.05, 0) is 31.7 Å². The average Bonchev–Trinajstić information content (AvgIpc) is 3.03. The fourth-order valence-corrected chi connectivity index (χ4v) is 4.12. The molecule has 3 aliphatic rings. The van der Waals surface area contributed by atoms with Gasteiger partial charge < -0.3 is 20.5 Å². The zero-order valence-electron chi connectivity index (χ0n) is 12.8. The predicted octanol–water partition coefficient (Wildman–Crippen LogP) is -1.20. The number of carboxylic acids is 1. The van der Waals surface area contributed by atoms with Crippen LogP contribution in [0, 0.1) is 0 Å². The molecule has 4 rings (SSSR count). The van der Waals surface area contributed by atoms with Crippen LogP contribution in [-0.4, -0.2) is 28.9 Å². The molecule has 1 fully saturated rings. The van der Waals surface area contributed by atoms with Crippen molar-refractivity contribution in [1.29, 1.82) is 0 Å². The largest absolute Gasteiger partial charge is 0.543 e. The molecule has 0 radical (unpaired) electrons. The van der Waals surface area contributed by atoms with Crippen LogP contribution < -0.4 is 15.4 Å². The monoisotopic (exact) mass is 313 g/mol. The summed E-state index contributed by atoms with van der Waals surface area (Å²) in [6, 6.07) is 3.37. The Kier molecular flexibility index (Phi) is 3.23. The van der Waals surface area contributed by atoms with Crippen molar-refractivity contribution in [2.75, 3.05) is 0 Å². The number of aromatic nitrogens is 1. The van der Waals surface area contributed by atoms with E-state index in [0.29, 0.717) is 19.4 Å². The molecule has 2 N–H and O–H groups in total. The molecule has 120 valence electrons. The van der Waals surface area contributed by atoms with Gasteiger partial charge in [0.05, 0.1) is 17.7 Å². The van der Waals surface area contributed by atoms with Crippen molar-refractivity contribution >= 4 is 11.9 Å². The van der Waals surface area contributed by atoms with Crippen molar-refractivity contribution < 1.29 is 19.3 Å². The maximum Gasteiger partial charge on any atom is 0.246 e. The number of rotatable bonds is 3. The lowest BCUT2D eigenvalue weighted by Gasteiger charge is -2.49. The molecule has 2 atom stereocenters. The summed E-state index contributed by atoms with van der Waals surface area (Å²) >= 11 is 0. The molecular weight excluding hydrogens is 294 g/mol. The number of β-lactam (4-membered cyclic amide) rings is 1. The van der Waals surface area contributed by atoms with Crippen molar-refractivity contribution in [3.05, 3.63) is 40.9 Å². The van der Waals surface area contributed by atoms with E-state index in [1.807, 2.05) is 12.3 Å². The van der Waals surface area contributed by atoms with Gasteiger partial charge in [0, 0.05) is 23.6 Å². The summed E-state index contributed by atoms with van der Waals surface area (Å²) in [6.45, 7) is 0.498. The maximum absolute atomic E-state index is 12.0. The predicted molar refractivity (Wildman–Crippen MR) is 78.5 cm³/mol. The van der Waals surface area contributed by atoms with Crippen LogP contribution in [0.3, 0.4) is 0 Å². The number of carbonyl (C=O) groups excluding carboxylic acids is 2. The van der Waals surface area contributed by atoms with Crippen molar-refractivity contribution in [1.82, 2.24) is 4.90 Å². The number of amides is 1. The minimum absolute atomic E-state index is 0.0380. The Bertz CT molecular complexity index is 741. The van der Waals surface area contributed by atoms with Crippen molar-refractivity contribution in [2.24, 2.45) is 5.73 Å². The molecule has 1 aromatic heterocycles. The van der Waals surface area contributed by atoms with Crippen molar-refractivity contribution in [3.8, 4) is 0 Å². The molecule has 0 unspecified atom stereocenters. The summed E-state index contributed by atoms with van der Waals surface area (Å²) in [7, 11) is 0. The summed E-state index contributed by atoms with van der Waals surface area (Å²) in [4.78, 5) is 24.9. The van der Waals surface area contributed by atoms with E-state index in [-0.39, 0.29) is 17.6 Å². The highest BCUT2D eigenvalue weighted by atomic mass is 16.4. The normalized spacial score (nSPS) is 26.0. The third-order valence-electron chi connectivity index (χ3n) is 5.28. The molecule has 2 aliphatic heterocycles. The fraction of sp³-hybridized carbons (Fsp3) is 0.471. The topological polar surface area (TPSA) is 90.3 Å². The smallest absolute Gasteiger partial charge is 0.246 e. The number of hydrogen-bond donors (Lipinski definition) is 1. The molecule has 0 spiro atoms. The molecule has 3 heterocycles. The Hall–Kier alpha value is -2.21. The van der Waals surface area contributed by atoms with Crippen LogP contribution >= 0.6 is 0 Å². The molecule has 1 aliphatic carbocycles. The van der Waals surface area contributed by atoms with E-state index in [0.717, 1.165) is 24.8 Å². The van der Waals surface area contributed by atoms with Gasteiger partial charge in [-0.3, -0.25) is 4.79 Å². The van der Waals surface area contributed by atoms with E-state index in [9.17, 15) is 14.7 Å². The van der Waals surface area contributed by atoms with Crippen LogP contribution in [0.25, 0.3) is 0 Å². The van der Waals surface area contributed by atoms with E-state index in [1.54, 1.807) is 0 Å². The van der Waals surface area contributed by atoms with E-state index >= 15 is 0 Å². The van der Waals surface area contributed by atoms with Gasteiger partial charge >= 0.3 is 0 Å². The number of nitrogens with zero attached hydrogens (tertiary/aromatic N) is 2. The van der Waals surface area contributed by atoms with Gasteiger partial charge in [0.15, 0.2) is 18.4 Å². The standard InChI is InChI=1S/C17H19N3O3/c18-14-13-7-6-11(15(17(22)23)20(13)16(14)21)9-19-8-2-4-10-3-1-5-12(10)19/h2,4,8,13-14H,1,3,5-7,9,18H2/t13-,14+/m1/s1. The van der Waals surface area contributed by atoms with Gasteiger partial charge in [0.2, 0.25) is 5.91 Å². The summed E-state index contributed by atoms with van der Waals surface area (Å²) < 4.78 is 2.12. The SMILES string of the molecule is N[C@@H]1C(=O)N2C(C(=O)[O-])=C(C[n+]3cccc4c3CCC4)CC[C@H]12. The molecule has 1 aromatic rings. The molecule has 1 saturated heterocycles. The van der Waals surface area contributed by atoms with E-state index < -0.39 is 12.0 Å². The molecule has 1 amide bonds. The Morgan fingerprint density at radius 1 is 1.39 bits per heavy atom. The number of aliphatic carboxylic acids is 1. The van der Waals surface area contributed by atoms with E-state index in [2.05, 4.69) is 10.6 Å². The first-order valence-corrected chi connectivity index (χ1v) is 8.10. The molecular formula is C17H19N3O3. The number of aryl methyl sites for hydroxylation is 1. The molecule has 0 aromatic carbocycles. The van der Waals surface area contributed by atoms with Crippen molar-refractivity contribution in [3.63, 3.8) is 0 Å². The number of nitrogens with two attached hydrogens (primary N) is 1. The number of allylic oxidation sites excluding steroid dienone is 1. The highest BCUT2D eigenvalue weighted by Crippen LogP contribution is 2.35. The highest BCUT2D eigenvalue weighted by molar-refractivity contribution is 5.99. The number of carboxylic acid groups (broad SMARTS) is 1. The summed E-state index contributed by atoms with van der Waals surface area (Å²) in [5.74, 6) is -1.59. The number of carbonyl (C=O) groups is 2. The molecule has 0 bridgehead atoms. The molecule has 0 saturated carbocycles. The third-order valence-corrected chi connectivity index (χ3v) is 5.28. The second-order valence-corrected chi connectivity index (χ2v) is 6.54. The molecule has 6 heteroatoms. The average molecular weight is 313 g/mol. The first-order valence-electron chi connectivity index (χ1n) is 8.10. The lowest BCUT2D eigenvalue weighted by molar-refractivity contribution is -0.696. The third kappa shape index (κ3) is 2.09. The van der Waals surface area contributed by atoms with Crippen LogP contribution in [0.2, 0.25) is 0 Å². The number of hydrogen-bond acceptors (Lipinski definition) is 4. The highest BCUT2D eigenvalue weighted by Gasteiger charge is 2.49. The van der Waals surface area contributed by atoms with Gasteiger partial charge in [-0.2, -0.15) is 4.57 Å². The van der Waals surface area contributed by atoms with Gasteiger partial charge in [-0.1, -0.05) is 0 Å². The van der Waals surface area contributed by atoms with Crippen LogP contribution in [0.5, 0.6) is 0 Å². The van der Waals surface area contributed by atoms with E-state index in [4.69, 9.17) is 5.73 Å². The summed E-state index contributed by atoms with van der Waals surface area (Å²) in [5.41, 5.74) is 9.17. The second-order valence-electron chi connectivity index (χ2n) is 6.54. The maximum atomic E-state index is 12.0.